The second-order valence-electron chi connectivity index (χ2n) is 2.53. The van der Waals surface area contributed by atoms with Crippen LogP contribution in [0.3, 0.4) is 0 Å². The topological polar surface area (TPSA) is 18.5 Å². The molecule has 0 bridgehead atoms. The molecule has 1 rings (SSSR count). The Bertz CT molecular complexity index is 126. The molecule has 1 fully saturated rings. The molecule has 0 spiro atoms. The van der Waals surface area contributed by atoms with Gasteiger partial charge in [0.2, 0.25) is 0 Å². The van der Waals surface area contributed by atoms with Crippen molar-refractivity contribution in [2.24, 2.45) is 0 Å². The van der Waals surface area contributed by atoms with Crippen LogP contribution in [0.4, 0.5) is 12.9 Å². The van der Waals surface area contributed by atoms with Crippen molar-refractivity contribution in [2.45, 2.75) is 12.5 Å². The molecule has 0 N–H and O–H groups in total. The predicted molar refractivity (Wildman–Crippen MR) is 34.3 cm³/mol. The molecule has 0 radical (unpaired) electrons. The van der Waals surface area contributed by atoms with Gasteiger partial charge in [0.1, 0.15) is 0 Å². The van der Waals surface area contributed by atoms with E-state index in [1.807, 2.05) is 0 Å². The van der Waals surface area contributed by atoms with E-state index in [0.717, 1.165) is 0 Å². The molecular weight excluding hydrogens is 199 g/mol. The average Bonchev–Trinajstić information content (AvgIpc) is 2.32. The van der Waals surface area contributed by atoms with Gasteiger partial charge in [-0.15, -0.1) is 0 Å². The van der Waals surface area contributed by atoms with Gasteiger partial charge in [0.05, 0.1) is 12.7 Å². The second-order valence-corrected chi connectivity index (χ2v) is 2.53. The number of hydrogen-bond donors (Lipinski definition) is 0. The third kappa shape index (κ3) is 5.96. The summed E-state index contributed by atoms with van der Waals surface area (Å²) in [5, 5.41) is 0. The van der Waals surface area contributed by atoms with Crippen molar-refractivity contribution < 1.29 is 73.8 Å². The fourth-order valence-corrected chi connectivity index (χ4v) is 0.890. The second kappa shape index (κ2) is 6.00. The quantitative estimate of drug-likeness (QED) is 0.508. The monoisotopic (exact) mass is 208 g/mol. The Morgan fingerprint density at radius 1 is 1.42 bits per heavy atom. The minimum absolute atomic E-state index is 0. The summed E-state index contributed by atoms with van der Waals surface area (Å²) in [5.74, 6) is 0. The van der Waals surface area contributed by atoms with Gasteiger partial charge in [-0.1, -0.05) is 0 Å². The van der Waals surface area contributed by atoms with Crippen molar-refractivity contribution in [1.82, 2.24) is 0 Å². The summed E-state index contributed by atoms with van der Waals surface area (Å²) in [4.78, 5) is 0. The molecule has 1 atom stereocenters. The van der Waals surface area contributed by atoms with Gasteiger partial charge in [-0.05, 0) is 6.42 Å². The molecule has 0 aromatic carbocycles. The first-order valence-electron chi connectivity index (χ1n) is 3.48. The zero-order valence-electron chi connectivity index (χ0n) is 6.93. The summed E-state index contributed by atoms with van der Waals surface area (Å²) < 4.78 is 44.2. The maximum Gasteiger partial charge on any atom is 1.00 e. The normalized spacial score (nSPS) is 23.8. The van der Waals surface area contributed by atoms with E-state index in [9.17, 15) is 12.9 Å². The van der Waals surface area contributed by atoms with Crippen LogP contribution in [0.25, 0.3) is 0 Å². The van der Waals surface area contributed by atoms with Gasteiger partial charge in [-0.3, -0.25) is 0 Å². The molecule has 0 amide bonds. The third-order valence-electron chi connectivity index (χ3n) is 1.41. The largest absolute Gasteiger partial charge is 1.00 e. The molecule has 1 aliphatic heterocycles. The van der Waals surface area contributed by atoms with E-state index in [1.54, 1.807) is 0 Å². The Labute approximate surface area is 112 Å². The predicted octanol–water partition coefficient (Wildman–Crippen LogP) is -1.82. The summed E-state index contributed by atoms with van der Waals surface area (Å²) in [6.45, 7) is -5.09. The van der Waals surface area contributed by atoms with Crippen molar-refractivity contribution in [3.05, 3.63) is 0 Å². The standard InChI is InChI=1S/C5H9BF3O2.K/c7-6(8,9)4-11-5-1-2-10-3-5;/h5H,1-4H2;/q-1;+1. The third-order valence-corrected chi connectivity index (χ3v) is 1.41. The maximum absolute atomic E-state index is 11.6. The van der Waals surface area contributed by atoms with Crippen molar-refractivity contribution in [1.29, 1.82) is 0 Å². The Hall–Kier alpha value is 1.41. The van der Waals surface area contributed by atoms with E-state index in [2.05, 4.69) is 4.74 Å². The van der Waals surface area contributed by atoms with Crippen molar-refractivity contribution >= 4 is 6.98 Å². The van der Waals surface area contributed by atoms with E-state index < -0.39 is 13.5 Å². The maximum atomic E-state index is 11.6. The summed E-state index contributed by atoms with van der Waals surface area (Å²) in [6.07, 6.45) is 0.227. The molecule has 0 aromatic rings. The van der Waals surface area contributed by atoms with Gasteiger partial charge in [0.25, 0.3) is 0 Å². The molecule has 0 aliphatic carbocycles. The smallest absolute Gasteiger partial charge is 0.447 e. The molecule has 12 heavy (non-hydrogen) atoms. The van der Waals surface area contributed by atoms with Crippen LogP contribution in [0.5, 0.6) is 0 Å². The Morgan fingerprint density at radius 3 is 2.50 bits per heavy atom. The fourth-order valence-electron chi connectivity index (χ4n) is 0.890. The first kappa shape index (κ1) is 13.4. The summed E-state index contributed by atoms with van der Waals surface area (Å²) >= 11 is 0. The molecule has 1 aliphatic rings. The first-order chi connectivity index (χ1) is 5.08. The van der Waals surface area contributed by atoms with Gasteiger partial charge in [0, 0.05) is 13.1 Å². The number of rotatable bonds is 3. The van der Waals surface area contributed by atoms with E-state index in [4.69, 9.17) is 4.74 Å². The average molecular weight is 208 g/mol. The van der Waals surface area contributed by atoms with Gasteiger partial charge < -0.3 is 22.4 Å². The van der Waals surface area contributed by atoms with E-state index in [-0.39, 0.29) is 57.5 Å². The molecule has 7 heteroatoms. The van der Waals surface area contributed by atoms with Crippen molar-refractivity contribution in [3.63, 3.8) is 0 Å². The zero-order valence-corrected chi connectivity index (χ0v) is 10.1. The van der Waals surface area contributed by atoms with Crippen molar-refractivity contribution in [3.8, 4) is 0 Å². The van der Waals surface area contributed by atoms with Crippen LogP contribution in [0.1, 0.15) is 6.42 Å². The van der Waals surface area contributed by atoms with Crippen LogP contribution in [-0.4, -0.2) is 32.8 Å². The summed E-state index contributed by atoms with van der Waals surface area (Å²) in [6, 6.07) is 0. The number of hydrogen-bond acceptors (Lipinski definition) is 2. The molecule has 1 unspecified atom stereocenters. The molecule has 2 nitrogen and oxygen atoms in total. The molecule has 1 heterocycles. The van der Waals surface area contributed by atoms with E-state index >= 15 is 0 Å². The summed E-state index contributed by atoms with van der Waals surface area (Å²) in [5.41, 5.74) is 0. The van der Waals surface area contributed by atoms with Crippen LogP contribution in [0, 0.1) is 0 Å². The molecule has 0 aromatic heterocycles. The fraction of sp³-hybridized carbons (Fsp3) is 1.00. The van der Waals surface area contributed by atoms with Gasteiger partial charge in [-0.2, -0.15) is 0 Å². The van der Waals surface area contributed by atoms with Crippen LogP contribution in [0.15, 0.2) is 0 Å². The summed E-state index contributed by atoms with van der Waals surface area (Å²) in [7, 11) is 0. The van der Waals surface area contributed by atoms with Gasteiger partial charge >= 0.3 is 58.4 Å². The number of halogens is 3. The van der Waals surface area contributed by atoms with E-state index in [1.165, 1.54) is 0 Å². The zero-order chi connectivity index (χ0) is 8.32. The van der Waals surface area contributed by atoms with Crippen LogP contribution >= 0.6 is 0 Å². The number of ether oxygens (including phenoxy) is 2. The van der Waals surface area contributed by atoms with Crippen LogP contribution in [0.2, 0.25) is 0 Å². The molecule has 66 valence electrons. The van der Waals surface area contributed by atoms with Gasteiger partial charge in [0.15, 0.2) is 0 Å². The van der Waals surface area contributed by atoms with E-state index in [0.29, 0.717) is 19.6 Å². The van der Waals surface area contributed by atoms with Crippen LogP contribution < -0.4 is 51.4 Å². The molecule has 0 saturated carbocycles. The Morgan fingerprint density at radius 2 is 2.08 bits per heavy atom. The minimum Gasteiger partial charge on any atom is -0.447 e. The molecule has 1 saturated heterocycles. The van der Waals surface area contributed by atoms with Gasteiger partial charge in [-0.25, -0.2) is 0 Å². The Kier molecular flexibility index (Phi) is 6.71. The van der Waals surface area contributed by atoms with Crippen molar-refractivity contribution in [2.75, 3.05) is 19.7 Å². The minimum atomic E-state index is -4.80. The molecular formula is C5H9BF3KO2. The van der Waals surface area contributed by atoms with Crippen LogP contribution in [-0.2, 0) is 9.47 Å². The first-order valence-corrected chi connectivity index (χ1v) is 3.48. The Balaban J connectivity index is 0.00000121. The SMILES string of the molecule is F[B-](F)(F)COC1CCOC1.[K+].